The number of aliphatic carboxylic acids is 1. The molecule has 1 aliphatic rings. The topological polar surface area (TPSA) is 64.9 Å². The molecule has 0 amide bonds. The number of nitrogens with one attached hydrogen (secondary N) is 1. The van der Waals surface area contributed by atoms with Gasteiger partial charge in [-0.2, -0.15) is 0 Å². The van der Waals surface area contributed by atoms with Crippen molar-refractivity contribution in [2.75, 3.05) is 32.0 Å². The maximum absolute atomic E-state index is 11.1. The van der Waals surface area contributed by atoms with Gasteiger partial charge >= 0.3 is 5.97 Å². The van der Waals surface area contributed by atoms with Crippen LogP contribution >= 0.6 is 0 Å². The highest BCUT2D eigenvalue weighted by Gasteiger charge is 2.19. The Labute approximate surface area is 154 Å². The van der Waals surface area contributed by atoms with E-state index >= 15 is 0 Å². The first kappa shape index (κ1) is 18.1. The summed E-state index contributed by atoms with van der Waals surface area (Å²) >= 11 is 0. The van der Waals surface area contributed by atoms with E-state index in [0.717, 1.165) is 42.7 Å². The minimum absolute atomic E-state index is 0.243. The number of para-hydroxylation sites is 1. The molecule has 26 heavy (non-hydrogen) atoms. The monoisotopic (exact) mass is 351 g/mol. The Balaban J connectivity index is 1.92. The molecule has 5 nitrogen and oxygen atoms in total. The van der Waals surface area contributed by atoms with Crippen LogP contribution in [0.2, 0.25) is 0 Å². The van der Waals surface area contributed by atoms with Crippen molar-refractivity contribution in [1.82, 2.24) is 4.90 Å². The number of likely N-dealkylation sites (tertiary alicyclic amines) is 1. The minimum Gasteiger partial charge on any atom is -0.480 e. The largest absolute Gasteiger partial charge is 0.480 e. The van der Waals surface area contributed by atoms with Gasteiger partial charge in [0.2, 0.25) is 0 Å². The summed E-state index contributed by atoms with van der Waals surface area (Å²) in [6.07, 6.45) is 2.19. The molecule has 2 aromatic carbocycles. The van der Waals surface area contributed by atoms with Crippen molar-refractivity contribution in [2.45, 2.75) is 18.9 Å². The number of nitrogens with zero attached hydrogens (tertiary/aromatic N) is 2. The fourth-order valence-corrected chi connectivity index (χ4v) is 3.26. The van der Waals surface area contributed by atoms with Crippen LogP contribution in [0.25, 0.3) is 0 Å². The summed E-state index contributed by atoms with van der Waals surface area (Å²) in [5.74, 6) is -0.931. The maximum Gasteiger partial charge on any atom is 0.325 e. The SMILES string of the molecule is CN1CCC(Nc2ccccc2/C(=N/CC(=O)O)c2ccccc2)CC1. The Hall–Kier alpha value is -2.66. The zero-order chi connectivity index (χ0) is 18.4. The number of hydrogen-bond donors (Lipinski definition) is 2. The number of carbonyl (C=O) groups is 1. The lowest BCUT2D eigenvalue weighted by Gasteiger charge is -2.30. The number of carboxylic acid groups (broad SMARTS) is 1. The molecule has 1 saturated heterocycles. The second-order valence-corrected chi connectivity index (χ2v) is 6.69. The van der Waals surface area contributed by atoms with Crippen molar-refractivity contribution in [3.05, 3.63) is 65.7 Å². The van der Waals surface area contributed by atoms with Gasteiger partial charge in [-0.3, -0.25) is 9.79 Å². The van der Waals surface area contributed by atoms with Gasteiger partial charge in [0.25, 0.3) is 0 Å². The highest BCUT2D eigenvalue weighted by molar-refractivity contribution is 6.16. The lowest BCUT2D eigenvalue weighted by Crippen LogP contribution is -2.37. The molecule has 136 valence electrons. The van der Waals surface area contributed by atoms with Gasteiger partial charge in [0.1, 0.15) is 6.54 Å². The smallest absolute Gasteiger partial charge is 0.325 e. The van der Waals surface area contributed by atoms with Gasteiger partial charge in [-0.1, -0.05) is 48.5 Å². The van der Waals surface area contributed by atoms with E-state index in [0.29, 0.717) is 11.8 Å². The molecular weight excluding hydrogens is 326 g/mol. The highest BCUT2D eigenvalue weighted by Crippen LogP contribution is 2.23. The Morgan fingerprint density at radius 1 is 1.12 bits per heavy atom. The van der Waals surface area contributed by atoms with Crippen molar-refractivity contribution in [2.24, 2.45) is 4.99 Å². The van der Waals surface area contributed by atoms with Crippen LogP contribution in [0, 0.1) is 0 Å². The summed E-state index contributed by atoms with van der Waals surface area (Å²) in [5.41, 5.74) is 3.59. The first-order chi connectivity index (χ1) is 12.6. The van der Waals surface area contributed by atoms with Crippen molar-refractivity contribution < 1.29 is 9.90 Å². The van der Waals surface area contributed by atoms with Gasteiger partial charge < -0.3 is 15.3 Å². The second kappa shape index (κ2) is 8.63. The quantitative estimate of drug-likeness (QED) is 0.785. The van der Waals surface area contributed by atoms with E-state index in [9.17, 15) is 4.79 Å². The zero-order valence-corrected chi connectivity index (χ0v) is 15.1. The average Bonchev–Trinajstić information content (AvgIpc) is 2.66. The van der Waals surface area contributed by atoms with E-state index in [4.69, 9.17) is 5.11 Å². The van der Waals surface area contributed by atoms with Crippen molar-refractivity contribution in [3.8, 4) is 0 Å². The normalized spacial score (nSPS) is 16.4. The van der Waals surface area contributed by atoms with Crippen molar-refractivity contribution in [3.63, 3.8) is 0 Å². The van der Waals surface area contributed by atoms with Crippen LogP contribution in [-0.4, -0.2) is 54.4 Å². The van der Waals surface area contributed by atoms with E-state index in [1.54, 1.807) is 0 Å². The third kappa shape index (κ3) is 4.70. The van der Waals surface area contributed by atoms with Gasteiger partial charge in [-0.05, 0) is 39.0 Å². The molecule has 5 heteroatoms. The van der Waals surface area contributed by atoms with Gasteiger partial charge in [0.15, 0.2) is 0 Å². The molecule has 1 fully saturated rings. The predicted octanol–water partition coefficient (Wildman–Crippen LogP) is 3.11. The fraction of sp³-hybridized carbons (Fsp3) is 0.333. The first-order valence-electron chi connectivity index (χ1n) is 8.99. The van der Waals surface area contributed by atoms with Crippen molar-refractivity contribution >= 4 is 17.4 Å². The van der Waals surface area contributed by atoms with Gasteiger partial charge in [-0.15, -0.1) is 0 Å². The summed E-state index contributed by atoms with van der Waals surface area (Å²) in [7, 11) is 2.15. The van der Waals surface area contributed by atoms with Crippen molar-refractivity contribution in [1.29, 1.82) is 0 Å². The molecule has 0 saturated carbocycles. The second-order valence-electron chi connectivity index (χ2n) is 6.69. The van der Waals surface area contributed by atoms with Gasteiger partial charge in [0.05, 0.1) is 5.71 Å². The Morgan fingerprint density at radius 2 is 1.77 bits per heavy atom. The average molecular weight is 351 g/mol. The summed E-state index contributed by atoms with van der Waals surface area (Å²) in [6.45, 7) is 1.92. The number of piperidine rings is 1. The molecule has 0 aromatic heterocycles. The van der Waals surface area contributed by atoms with Gasteiger partial charge in [-0.25, -0.2) is 0 Å². The first-order valence-corrected chi connectivity index (χ1v) is 8.99. The van der Waals surface area contributed by atoms with E-state index in [-0.39, 0.29) is 6.54 Å². The zero-order valence-electron chi connectivity index (χ0n) is 15.1. The molecule has 0 aliphatic carbocycles. The standard InChI is InChI=1S/C21H25N3O2/c1-24-13-11-17(12-14-24)23-19-10-6-5-9-18(19)21(22-15-20(25)26)16-7-3-2-4-8-16/h2-10,17,23H,11-15H2,1H3,(H,25,26)/b22-21+. The molecule has 0 atom stereocenters. The number of benzene rings is 2. The Kier molecular flexibility index (Phi) is 6.02. The lowest BCUT2D eigenvalue weighted by molar-refractivity contribution is -0.135. The Bertz CT molecular complexity index is 766. The number of aliphatic imine (C=N–C) groups is 1. The third-order valence-electron chi connectivity index (χ3n) is 4.68. The summed E-state index contributed by atoms with van der Waals surface area (Å²) in [5, 5.41) is 12.7. The predicted molar refractivity (Wildman–Crippen MR) is 105 cm³/mol. The minimum atomic E-state index is -0.931. The fourth-order valence-electron chi connectivity index (χ4n) is 3.26. The highest BCUT2D eigenvalue weighted by atomic mass is 16.4. The summed E-state index contributed by atoms with van der Waals surface area (Å²) in [6, 6.07) is 18.2. The molecule has 0 unspecified atom stereocenters. The summed E-state index contributed by atoms with van der Waals surface area (Å²) in [4.78, 5) is 17.8. The molecule has 1 heterocycles. The molecule has 0 bridgehead atoms. The molecule has 3 rings (SSSR count). The van der Waals surface area contributed by atoms with Gasteiger partial charge in [0, 0.05) is 22.9 Å². The molecule has 0 radical (unpaired) electrons. The van der Waals surface area contributed by atoms with E-state index in [2.05, 4.69) is 22.3 Å². The van der Waals surface area contributed by atoms with E-state index < -0.39 is 5.97 Å². The van der Waals surface area contributed by atoms with Crippen LogP contribution in [0.5, 0.6) is 0 Å². The third-order valence-corrected chi connectivity index (χ3v) is 4.68. The van der Waals surface area contributed by atoms with Crippen LogP contribution in [0.4, 0.5) is 5.69 Å². The van der Waals surface area contributed by atoms with Crippen LogP contribution in [0.1, 0.15) is 24.0 Å². The molecule has 2 aromatic rings. The molecular formula is C21H25N3O2. The van der Waals surface area contributed by atoms with Crippen LogP contribution in [0.3, 0.4) is 0 Å². The van der Waals surface area contributed by atoms with Crippen LogP contribution < -0.4 is 5.32 Å². The maximum atomic E-state index is 11.1. The molecule has 2 N–H and O–H groups in total. The number of rotatable bonds is 6. The van der Waals surface area contributed by atoms with E-state index in [1.165, 1.54) is 0 Å². The molecule has 0 spiro atoms. The lowest BCUT2D eigenvalue weighted by atomic mass is 9.98. The van der Waals surface area contributed by atoms with Crippen LogP contribution in [-0.2, 0) is 4.79 Å². The molecule has 1 aliphatic heterocycles. The summed E-state index contributed by atoms with van der Waals surface area (Å²) < 4.78 is 0. The number of carboxylic acids is 1. The Morgan fingerprint density at radius 3 is 2.46 bits per heavy atom. The van der Waals surface area contributed by atoms with E-state index in [1.807, 2.05) is 54.6 Å². The number of hydrogen-bond acceptors (Lipinski definition) is 4. The number of anilines is 1. The van der Waals surface area contributed by atoms with Crippen LogP contribution in [0.15, 0.2) is 59.6 Å².